The molecule has 142 valence electrons. The third-order valence-corrected chi connectivity index (χ3v) is 4.96. The number of alkyl halides is 3. The lowest BCUT2D eigenvalue weighted by Crippen LogP contribution is -2.54. The number of halogens is 4. The molecule has 1 aliphatic carbocycles. The Kier molecular flexibility index (Phi) is 6.03. The largest absolute Gasteiger partial charge is 0.413 e. The van der Waals surface area contributed by atoms with E-state index in [0.717, 1.165) is 0 Å². The van der Waals surface area contributed by atoms with Crippen LogP contribution in [0.3, 0.4) is 0 Å². The van der Waals surface area contributed by atoms with Gasteiger partial charge in [0.25, 0.3) is 0 Å². The van der Waals surface area contributed by atoms with Gasteiger partial charge in [-0.25, -0.2) is 0 Å². The van der Waals surface area contributed by atoms with E-state index in [-0.39, 0.29) is 30.7 Å². The number of hydrogen-bond acceptors (Lipinski definition) is 3. The minimum atomic E-state index is -4.73. The number of nitrogens with zero attached hydrogens (tertiary/aromatic N) is 2. The van der Waals surface area contributed by atoms with Crippen molar-refractivity contribution in [1.29, 1.82) is 5.26 Å². The molecule has 1 aliphatic rings. The van der Waals surface area contributed by atoms with Crippen molar-refractivity contribution >= 4 is 21.8 Å². The molecule has 0 aliphatic heterocycles. The molecule has 0 spiro atoms. The van der Waals surface area contributed by atoms with Gasteiger partial charge in [0.15, 0.2) is 6.04 Å². The van der Waals surface area contributed by atoms with Crippen LogP contribution in [-0.2, 0) is 4.79 Å². The zero-order valence-corrected chi connectivity index (χ0v) is 16.1. The van der Waals surface area contributed by atoms with E-state index < -0.39 is 29.7 Å². The first-order valence-corrected chi connectivity index (χ1v) is 9.13. The molecule has 1 saturated carbocycles. The van der Waals surface area contributed by atoms with Crippen LogP contribution in [0.15, 0.2) is 28.7 Å². The maximum absolute atomic E-state index is 14.0. The Bertz CT molecular complexity index is 693. The molecule has 1 fully saturated rings. The highest BCUT2D eigenvalue weighted by Crippen LogP contribution is 2.50. The van der Waals surface area contributed by atoms with Gasteiger partial charge in [0.2, 0.25) is 5.91 Å². The van der Waals surface area contributed by atoms with Crippen molar-refractivity contribution in [1.82, 2.24) is 4.90 Å². The van der Waals surface area contributed by atoms with Gasteiger partial charge in [0, 0.05) is 4.47 Å². The summed E-state index contributed by atoms with van der Waals surface area (Å²) in [5.41, 5.74) is 4.37. The predicted molar refractivity (Wildman–Crippen MR) is 94.8 cm³/mol. The molecular formula is C18H21BrF3N3O. The summed E-state index contributed by atoms with van der Waals surface area (Å²) in [4.78, 5) is 13.6. The number of nitriles is 1. The lowest BCUT2D eigenvalue weighted by atomic mass is 9.97. The van der Waals surface area contributed by atoms with Gasteiger partial charge in [-0.3, -0.25) is 4.79 Å². The van der Waals surface area contributed by atoms with Crippen LogP contribution in [0.5, 0.6) is 0 Å². The third kappa shape index (κ3) is 4.38. The molecule has 0 aromatic heterocycles. The van der Waals surface area contributed by atoms with Crippen LogP contribution in [0, 0.1) is 17.2 Å². The number of nitrogens with two attached hydrogens (primary N) is 1. The van der Waals surface area contributed by atoms with E-state index in [4.69, 9.17) is 5.73 Å². The molecule has 8 heteroatoms. The summed E-state index contributed by atoms with van der Waals surface area (Å²) in [7, 11) is 0. The van der Waals surface area contributed by atoms with Crippen LogP contribution in [0.25, 0.3) is 0 Å². The van der Waals surface area contributed by atoms with Gasteiger partial charge in [0.05, 0.1) is 12.1 Å². The van der Waals surface area contributed by atoms with Gasteiger partial charge in [-0.2, -0.15) is 18.4 Å². The number of amides is 1. The molecule has 1 amide bonds. The molecule has 0 saturated heterocycles. The van der Waals surface area contributed by atoms with Crippen molar-refractivity contribution in [3.8, 4) is 6.07 Å². The van der Waals surface area contributed by atoms with E-state index in [1.807, 2.05) is 19.9 Å². The van der Waals surface area contributed by atoms with E-state index in [1.165, 1.54) is 24.3 Å². The molecule has 26 heavy (non-hydrogen) atoms. The number of carbonyl (C=O) groups is 1. The molecule has 1 aromatic rings. The van der Waals surface area contributed by atoms with Gasteiger partial charge >= 0.3 is 6.18 Å². The number of rotatable bonds is 6. The highest BCUT2D eigenvalue weighted by atomic mass is 79.9. The maximum Gasteiger partial charge on any atom is 0.413 e. The molecule has 1 unspecified atom stereocenters. The molecule has 2 rings (SSSR count). The fourth-order valence-electron chi connectivity index (χ4n) is 3.03. The topological polar surface area (TPSA) is 70.1 Å². The van der Waals surface area contributed by atoms with E-state index in [0.29, 0.717) is 9.37 Å². The second-order valence-electron chi connectivity index (χ2n) is 7.08. The highest BCUT2D eigenvalue weighted by molar-refractivity contribution is 9.10. The normalized spacial score (nSPS) is 18.1. The standard InChI is InChI=1S/C18H21BrF3N3O/c1-11(2)9-14(24)16(26)25(17(10-23)7-8-17)15(18(20,21)22)12-3-5-13(19)6-4-12/h3-6,11,14-15H,7-9,24H2,1-2H3/t14-,15?/m0/s1. The maximum atomic E-state index is 14.0. The van der Waals surface area contributed by atoms with Gasteiger partial charge in [-0.05, 0) is 42.9 Å². The van der Waals surface area contributed by atoms with Gasteiger partial charge in [-0.1, -0.05) is 41.9 Å². The monoisotopic (exact) mass is 431 g/mol. The van der Waals surface area contributed by atoms with Crippen molar-refractivity contribution in [2.24, 2.45) is 11.7 Å². The smallest absolute Gasteiger partial charge is 0.320 e. The summed E-state index contributed by atoms with van der Waals surface area (Å²) in [6, 6.07) is 4.21. The van der Waals surface area contributed by atoms with Crippen molar-refractivity contribution in [3.05, 3.63) is 34.3 Å². The summed E-state index contributed by atoms with van der Waals surface area (Å²) >= 11 is 3.19. The summed E-state index contributed by atoms with van der Waals surface area (Å²) < 4.78 is 42.6. The Balaban J connectivity index is 2.52. The quantitative estimate of drug-likeness (QED) is 0.729. The number of benzene rings is 1. The SMILES string of the molecule is CC(C)C[C@H](N)C(=O)N(C(c1ccc(Br)cc1)C(F)(F)F)C1(C#N)CC1. The van der Waals surface area contributed by atoms with Crippen LogP contribution < -0.4 is 5.73 Å². The molecule has 0 heterocycles. The average molecular weight is 432 g/mol. The zero-order valence-electron chi connectivity index (χ0n) is 14.6. The predicted octanol–water partition coefficient (Wildman–Crippen LogP) is 4.31. The van der Waals surface area contributed by atoms with Crippen molar-refractivity contribution in [2.75, 3.05) is 0 Å². The summed E-state index contributed by atoms with van der Waals surface area (Å²) in [6.07, 6.45) is -4.05. The van der Waals surface area contributed by atoms with Crippen LogP contribution >= 0.6 is 15.9 Å². The molecule has 0 radical (unpaired) electrons. The first-order chi connectivity index (χ1) is 12.0. The second-order valence-corrected chi connectivity index (χ2v) is 8.00. The van der Waals surface area contributed by atoms with E-state index in [2.05, 4.69) is 15.9 Å². The molecule has 2 N–H and O–H groups in total. The van der Waals surface area contributed by atoms with Crippen molar-refractivity contribution < 1.29 is 18.0 Å². The molecule has 2 atom stereocenters. The van der Waals surface area contributed by atoms with Crippen LogP contribution in [-0.4, -0.2) is 28.6 Å². The average Bonchev–Trinajstić information content (AvgIpc) is 3.32. The number of hydrogen-bond donors (Lipinski definition) is 1. The van der Waals surface area contributed by atoms with Crippen LogP contribution in [0.1, 0.15) is 44.7 Å². The summed E-state index contributed by atoms with van der Waals surface area (Å²) in [5, 5.41) is 9.49. The third-order valence-electron chi connectivity index (χ3n) is 4.43. The van der Waals surface area contributed by atoms with Gasteiger partial charge < -0.3 is 10.6 Å². The molecular weight excluding hydrogens is 411 g/mol. The van der Waals surface area contributed by atoms with E-state index in [1.54, 1.807) is 0 Å². The molecule has 1 aromatic carbocycles. The first kappa shape index (κ1) is 20.7. The lowest BCUT2D eigenvalue weighted by molar-refractivity contribution is -0.197. The van der Waals surface area contributed by atoms with E-state index >= 15 is 0 Å². The fourth-order valence-corrected chi connectivity index (χ4v) is 3.29. The van der Waals surface area contributed by atoms with Crippen molar-refractivity contribution in [3.63, 3.8) is 0 Å². The number of carbonyl (C=O) groups excluding carboxylic acids is 1. The fraction of sp³-hybridized carbons (Fsp3) is 0.556. The van der Waals surface area contributed by atoms with Crippen molar-refractivity contribution in [2.45, 2.75) is 56.9 Å². The Morgan fingerprint density at radius 1 is 1.35 bits per heavy atom. The molecule has 4 nitrogen and oxygen atoms in total. The summed E-state index contributed by atoms with van der Waals surface area (Å²) in [6.45, 7) is 3.68. The van der Waals surface area contributed by atoms with Crippen LogP contribution in [0.4, 0.5) is 13.2 Å². The second kappa shape index (κ2) is 7.57. The van der Waals surface area contributed by atoms with Gasteiger partial charge in [-0.15, -0.1) is 0 Å². The molecule has 0 bridgehead atoms. The van der Waals surface area contributed by atoms with E-state index in [9.17, 15) is 23.2 Å². The highest BCUT2D eigenvalue weighted by Gasteiger charge is 2.60. The van der Waals surface area contributed by atoms with Crippen LogP contribution in [0.2, 0.25) is 0 Å². The Morgan fingerprint density at radius 2 is 1.88 bits per heavy atom. The Labute approximate surface area is 159 Å². The Hall–Kier alpha value is -1.59. The summed E-state index contributed by atoms with van der Waals surface area (Å²) in [5.74, 6) is -0.784. The first-order valence-electron chi connectivity index (χ1n) is 8.34. The Morgan fingerprint density at radius 3 is 2.27 bits per heavy atom. The minimum Gasteiger partial charge on any atom is -0.320 e. The zero-order chi connectivity index (χ0) is 19.7. The van der Waals surface area contributed by atoms with Gasteiger partial charge in [0.1, 0.15) is 5.54 Å². The minimum absolute atomic E-state index is 0.0463. The lowest BCUT2D eigenvalue weighted by Gasteiger charge is -2.38.